The monoisotopic (exact) mass is 593 g/mol. The molecule has 1 aliphatic heterocycles. The van der Waals surface area contributed by atoms with E-state index >= 15 is 0 Å². The van der Waals surface area contributed by atoms with Gasteiger partial charge in [-0.05, 0) is 67.2 Å². The van der Waals surface area contributed by atoms with E-state index in [9.17, 15) is 19.2 Å². The van der Waals surface area contributed by atoms with Crippen molar-refractivity contribution in [1.29, 1.82) is 0 Å². The summed E-state index contributed by atoms with van der Waals surface area (Å²) in [6.07, 6.45) is 0. The molecule has 226 valence electrons. The number of methoxy groups -OCH3 is 1. The van der Waals surface area contributed by atoms with Crippen LogP contribution in [-0.4, -0.2) is 56.4 Å². The second-order valence-electron chi connectivity index (χ2n) is 10.6. The number of hydrogen-bond donors (Lipinski definition) is 3. The van der Waals surface area contributed by atoms with Gasteiger partial charge in [-0.3, -0.25) is 19.2 Å². The fourth-order valence-corrected chi connectivity index (χ4v) is 5.36. The number of rotatable bonds is 8. The number of carbonyl (C=O) groups is 4. The first-order chi connectivity index (χ1) is 21.2. The van der Waals surface area contributed by atoms with Gasteiger partial charge >= 0.3 is 0 Å². The minimum Gasteiger partial charge on any atom is -0.496 e. The molecule has 0 spiro atoms. The van der Waals surface area contributed by atoms with Crippen LogP contribution in [-0.2, 0) is 20.9 Å². The lowest BCUT2D eigenvalue weighted by Gasteiger charge is -2.27. The fraction of sp³-hybridized carbons (Fsp3) is 0.235. The summed E-state index contributed by atoms with van der Waals surface area (Å²) in [6.45, 7) is 3.16. The van der Waals surface area contributed by atoms with Gasteiger partial charge in [-0.2, -0.15) is 0 Å². The van der Waals surface area contributed by atoms with Gasteiger partial charge in [0.05, 0.1) is 37.6 Å². The zero-order valence-corrected chi connectivity index (χ0v) is 25.1. The number of nitrogens with zero attached hydrogens (tertiary/aromatic N) is 2. The number of anilines is 3. The Morgan fingerprint density at radius 2 is 1.61 bits per heavy atom. The predicted molar refractivity (Wildman–Crippen MR) is 171 cm³/mol. The van der Waals surface area contributed by atoms with Crippen molar-refractivity contribution in [2.45, 2.75) is 32.5 Å². The van der Waals surface area contributed by atoms with Gasteiger partial charge in [0, 0.05) is 23.7 Å². The molecule has 3 N–H and O–H groups in total. The Hall–Kier alpha value is -5.22. The lowest BCUT2D eigenvalue weighted by molar-refractivity contribution is -0.128. The molecule has 0 saturated carbocycles. The van der Waals surface area contributed by atoms with Gasteiger partial charge in [-0.25, -0.2) is 0 Å². The first kappa shape index (κ1) is 30.2. The Morgan fingerprint density at radius 1 is 0.932 bits per heavy atom. The number of carbonyl (C=O) groups excluding carboxylic acids is 4. The smallest absolute Gasteiger partial charge is 0.258 e. The molecule has 0 radical (unpaired) electrons. The summed E-state index contributed by atoms with van der Waals surface area (Å²) < 4.78 is 5.73. The summed E-state index contributed by atoms with van der Waals surface area (Å²) in [5.74, 6) is -0.687. The molecule has 4 aromatic carbocycles. The normalized spacial score (nSPS) is 15.3. The molecule has 10 heteroatoms. The standard InChI is InChI=1S/C34H35N5O5/c1-21(35-3)32(41)37-28-20-39(33(42)24-13-16-25(17-14-24)36-22(2)40)30-12-8-7-11-29(30)38(34(28)43)19-27-26-10-6-5-9-23(26)15-18-31(27)44-4/h5-18,21,28,35H,19-20H2,1-4H3,(H,36,40)(H,37,41). The van der Waals surface area contributed by atoms with Crippen LogP contribution in [0.4, 0.5) is 17.1 Å². The molecular formula is C34H35N5O5. The maximum Gasteiger partial charge on any atom is 0.258 e. The highest BCUT2D eigenvalue weighted by Crippen LogP contribution is 2.37. The molecule has 2 unspecified atom stereocenters. The van der Waals surface area contributed by atoms with Crippen molar-refractivity contribution >= 4 is 51.5 Å². The molecule has 0 aliphatic carbocycles. The molecular weight excluding hydrogens is 558 g/mol. The van der Waals surface area contributed by atoms with Gasteiger partial charge < -0.3 is 30.5 Å². The van der Waals surface area contributed by atoms with E-state index in [0.717, 1.165) is 16.3 Å². The minimum atomic E-state index is -1.05. The van der Waals surface area contributed by atoms with Crippen LogP contribution in [0.25, 0.3) is 10.8 Å². The minimum absolute atomic E-state index is 0.0898. The average molecular weight is 594 g/mol. The average Bonchev–Trinajstić information content (AvgIpc) is 3.14. The van der Waals surface area contributed by atoms with Crippen LogP contribution in [0.1, 0.15) is 29.8 Å². The molecule has 4 aromatic rings. The van der Waals surface area contributed by atoms with Crippen LogP contribution >= 0.6 is 0 Å². The molecule has 2 atom stereocenters. The van der Waals surface area contributed by atoms with Gasteiger partial charge in [0.15, 0.2) is 0 Å². The van der Waals surface area contributed by atoms with Gasteiger partial charge in [-0.1, -0.05) is 42.5 Å². The first-order valence-corrected chi connectivity index (χ1v) is 14.3. The van der Waals surface area contributed by atoms with E-state index < -0.39 is 12.1 Å². The topological polar surface area (TPSA) is 120 Å². The first-order valence-electron chi connectivity index (χ1n) is 14.3. The number of amides is 4. The molecule has 5 rings (SSSR count). The van der Waals surface area contributed by atoms with Crippen molar-refractivity contribution in [3.05, 3.63) is 96.1 Å². The Bertz CT molecular complexity index is 1720. The van der Waals surface area contributed by atoms with Crippen molar-refractivity contribution in [3.8, 4) is 5.75 Å². The summed E-state index contributed by atoms with van der Waals surface area (Å²) in [4.78, 5) is 56.2. The molecule has 0 bridgehead atoms. The van der Waals surface area contributed by atoms with Gasteiger partial charge in [0.25, 0.3) is 11.8 Å². The molecule has 0 aromatic heterocycles. The van der Waals surface area contributed by atoms with Gasteiger partial charge in [0.2, 0.25) is 11.8 Å². The van der Waals surface area contributed by atoms with Gasteiger partial charge in [0.1, 0.15) is 11.8 Å². The largest absolute Gasteiger partial charge is 0.496 e. The van der Waals surface area contributed by atoms with E-state index in [2.05, 4.69) is 16.0 Å². The maximum absolute atomic E-state index is 14.4. The van der Waals surface area contributed by atoms with E-state index in [1.165, 1.54) is 11.8 Å². The molecule has 1 aliphatic rings. The third-order valence-corrected chi connectivity index (χ3v) is 7.77. The number of para-hydroxylation sites is 2. The van der Waals surface area contributed by atoms with Crippen molar-refractivity contribution in [2.24, 2.45) is 0 Å². The number of likely N-dealkylation sites (N-methyl/N-ethyl adjacent to an activating group) is 1. The number of benzene rings is 4. The number of fused-ring (bicyclic) bond motifs is 2. The number of nitrogens with one attached hydrogen (secondary N) is 3. The molecule has 0 fully saturated rings. The molecule has 44 heavy (non-hydrogen) atoms. The molecule has 0 saturated heterocycles. The quantitative estimate of drug-likeness (QED) is 0.283. The Labute approximate surface area is 256 Å². The van der Waals surface area contributed by atoms with E-state index in [4.69, 9.17) is 4.74 Å². The predicted octanol–water partition coefficient (Wildman–Crippen LogP) is 4.09. The van der Waals surface area contributed by atoms with Crippen molar-refractivity contribution in [2.75, 3.05) is 35.8 Å². The summed E-state index contributed by atoms with van der Waals surface area (Å²) in [6, 6.07) is 23.8. The van der Waals surface area contributed by atoms with E-state index in [0.29, 0.717) is 28.4 Å². The molecule has 1 heterocycles. The maximum atomic E-state index is 14.4. The zero-order valence-electron chi connectivity index (χ0n) is 25.1. The summed E-state index contributed by atoms with van der Waals surface area (Å²) >= 11 is 0. The lowest BCUT2D eigenvalue weighted by Crippen LogP contribution is -2.55. The second kappa shape index (κ2) is 13.0. The number of hydrogen-bond acceptors (Lipinski definition) is 6. The zero-order chi connectivity index (χ0) is 31.4. The van der Waals surface area contributed by atoms with E-state index in [-0.39, 0.29) is 36.7 Å². The highest BCUT2D eigenvalue weighted by Gasteiger charge is 2.38. The molecule has 4 amide bonds. The van der Waals surface area contributed by atoms with Crippen LogP contribution in [0.2, 0.25) is 0 Å². The van der Waals surface area contributed by atoms with Crippen molar-refractivity contribution < 1.29 is 23.9 Å². The SMILES string of the molecule is CNC(C)C(=O)NC1CN(C(=O)c2ccc(NC(C)=O)cc2)c2ccccc2N(Cc2c(OC)ccc3ccccc23)C1=O. The van der Waals surface area contributed by atoms with Crippen molar-refractivity contribution in [3.63, 3.8) is 0 Å². The molecule has 10 nitrogen and oxygen atoms in total. The third kappa shape index (κ3) is 6.11. The second-order valence-corrected chi connectivity index (χ2v) is 10.6. The number of ether oxygens (including phenoxy) is 1. The fourth-order valence-electron chi connectivity index (χ4n) is 5.36. The Balaban J connectivity index is 1.61. The Kier molecular flexibility index (Phi) is 8.91. The van der Waals surface area contributed by atoms with E-state index in [1.54, 1.807) is 62.4 Å². The van der Waals surface area contributed by atoms with Crippen LogP contribution in [0, 0.1) is 0 Å². The van der Waals surface area contributed by atoms with Crippen LogP contribution in [0.15, 0.2) is 84.9 Å². The summed E-state index contributed by atoms with van der Waals surface area (Å²) in [5.41, 5.74) is 2.76. The van der Waals surface area contributed by atoms with Crippen LogP contribution in [0.5, 0.6) is 5.75 Å². The highest BCUT2D eigenvalue weighted by molar-refractivity contribution is 6.13. The van der Waals surface area contributed by atoms with Gasteiger partial charge in [-0.15, -0.1) is 0 Å². The van der Waals surface area contributed by atoms with Crippen LogP contribution in [0.3, 0.4) is 0 Å². The van der Waals surface area contributed by atoms with Crippen molar-refractivity contribution in [1.82, 2.24) is 10.6 Å². The van der Waals surface area contributed by atoms with E-state index in [1.807, 2.05) is 48.5 Å². The third-order valence-electron chi connectivity index (χ3n) is 7.77. The Morgan fingerprint density at radius 3 is 2.30 bits per heavy atom. The summed E-state index contributed by atoms with van der Waals surface area (Å²) in [5, 5.41) is 10.4. The van der Waals surface area contributed by atoms with Crippen LogP contribution < -0.4 is 30.5 Å². The lowest BCUT2D eigenvalue weighted by atomic mass is 10.0. The summed E-state index contributed by atoms with van der Waals surface area (Å²) in [7, 11) is 3.25. The highest BCUT2D eigenvalue weighted by atomic mass is 16.5.